The van der Waals surface area contributed by atoms with E-state index in [4.69, 9.17) is 14.9 Å². The van der Waals surface area contributed by atoms with Crippen LogP contribution in [-0.4, -0.2) is 26.5 Å². The lowest BCUT2D eigenvalue weighted by Crippen LogP contribution is -2.29. The molecular weight excluding hydrogens is 372 g/mol. The molecule has 0 saturated carbocycles. The van der Waals surface area contributed by atoms with Crippen LogP contribution in [0.2, 0.25) is 0 Å². The van der Waals surface area contributed by atoms with E-state index in [0.717, 1.165) is 35.4 Å². The Balaban J connectivity index is 1.49. The fraction of sp³-hybridized carbons (Fsp3) is 0.269. The minimum Gasteiger partial charge on any atom is -0.493 e. The van der Waals surface area contributed by atoms with E-state index < -0.39 is 0 Å². The van der Waals surface area contributed by atoms with Crippen LogP contribution in [0.4, 0.5) is 0 Å². The molecule has 1 aliphatic carbocycles. The van der Waals surface area contributed by atoms with Gasteiger partial charge in [0.1, 0.15) is 6.61 Å². The predicted molar refractivity (Wildman–Crippen MR) is 122 cm³/mol. The number of fused-ring (bicyclic) bond motifs is 1. The van der Waals surface area contributed by atoms with Crippen molar-refractivity contribution >= 4 is 6.21 Å². The first-order valence-corrected chi connectivity index (χ1v) is 10.5. The van der Waals surface area contributed by atoms with Crippen molar-refractivity contribution in [2.75, 3.05) is 20.3 Å². The maximum Gasteiger partial charge on any atom is 0.169 e. The largest absolute Gasteiger partial charge is 0.493 e. The number of methoxy groups -OCH3 is 1. The Morgan fingerprint density at radius 1 is 1.07 bits per heavy atom. The Kier molecular flexibility index (Phi) is 6.45. The highest BCUT2D eigenvalue weighted by molar-refractivity contribution is 5.85. The second-order valence-electron chi connectivity index (χ2n) is 7.56. The van der Waals surface area contributed by atoms with Gasteiger partial charge in [0.05, 0.1) is 7.11 Å². The number of aryl methyl sites for hydroxylation is 1. The highest BCUT2D eigenvalue weighted by Gasteiger charge is 2.19. The maximum atomic E-state index is 7.65. The van der Waals surface area contributed by atoms with E-state index in [1.165, 1.54) is 30.2 Å². The van der Waals surface area contributed by atoms with Gasteiger partial charge >= 0.3 is 0 Å². The minimum absolute atomic E-state index is 0.384. The summed E-state index contributed by atoms with van der Waals surface area (Å²) in [5, 5.41) is 11.3. The molecule has 2 N–H and O–H groups in total. The van der Waals surface area contributed by atoms with E-state index in [1.54, 1.807) is 7.11 Å². The molecule has 0 spiro atoms. The number of hydrogen-bond acceptors (Lipinski definition) is 4. The van der Waals surface area contributed by atoms with Crippen molar-refractivity contribution in [3.8, 4) is 22.6 Å². The van der Waals surface area contributed by atoms with Crippen LogP contribution in [0, 0.1) is 5.41 Å². The molecule has 30 heavy (non-hydrogen) atoms. The lowest BCUT2D eigenvalue weighted by molar-refractivity contribution is 0.284. The molecule has 0 fully saturated rings. The third kappa shape index (κ3) is 4.39. The van der Waals surface area contributed by atoms with E-state index in [2.05, 4.69) is 29.6 Å². The van der Waals surface area contributed by atoms with E-state index in [-0.39, 0.29) is 0 Å². The van der Waals surface area contributed by atoms with Crippen LogP contribution in [0.15, 0.2) is 66.7 Å². The highest BCUT2D eigenvalue weighted by atomic mass is 16.5. The lowest BCUT2D eigenvalue weighted by Gasteiger charge is -2.26. The molecule has 4 heteroatoms. The zero-order chi connectivity index (χ0) is 20.8. The second-order valence-corrected chi connectivity index (χ2v) is 7.56. The molecule has 154 valence electrons. The van der Waals surface area contributed by atoms with Gasteiger partial charge in [0.2, 0.25) is 0 Å². The van der Waals surface area contributed by atoms with Gasteiger partial charge in [-0.25, -0.2) is 0 Å². The summed E-state index contributed by atoms with van der Waals surface area (Å²) in [5.74, 6) is 1.37. The molecule has 4 nitrogen and oxygen atoms in total. The third-order valence-electron chi connectivity index (χ3n) is 5.66. The average Bonchev–Trinajstić information content (AvgIpc) is 2.82. The van der Waals surface area contributed by atoms with Crippen molar-refractivity contribution in [1.82, 2.24) is 5.32 Å². The molecule has 0 aromatic heterocycles. The molecule has 0 saturated heterocycles. The predicted octanol–water partition coefficient (Wildman–Crippen LogP) is 5.41. The first-order valence-electron chi connectivity index (χ1n) is 10.5. The molecule has 1 unspecified atom stereocenters. The Hall–Kier alpha value is -3.11. The normalized spacial score (nSPS) is 15.3. The summed E-state index contributed by atoms with van der Waals surface area (Å²) >= 11 is 0. The number of benzene rings is 3. The maximum absolute atomic E-state index is 7.65. The van der Waals surface area contributed by atoms with Crippen LogP contribution >= 0.6 is 0 Å². The quantitative estimate of drug-likeness (QED) is 0.393. The van der Waals surface area contributed by atoms with Crippen LogP contribution < -0.4 is 14.8 Å². The first kappa shape index (κ1) is 20.2. The smallest absolute Gasteiger partial charge is 0.169 e. The fourth-order valence-electron chi connectivity index (χ4n) is 4.19. The van der Waals surface area contributed by atoms with Gasteiger partial charge in [-0.3, -0.25) is 0 Å². The molecule has 0 radical (unpaired) electrons. The van der Waals surface area contributed by atoms with Crippen LogP contribution in [-0.2, 0) is 6.42 Å². The van der Waals surface area contributed by atoms with Crippen LogP contribution in [0.5, 0.6) is 11.5 Å². The topological polar surface area (TPSA) is 54.3 Å². The number of nitrogens with one attached hydrogen (secondary N) is 2. The summed E-state index contributed by atoms with van der Waals surface area (Å²) in [7, 11) is 1.64. The van der Waals surface area contributed by atoms with Gasteiger partial charge in [0.25, 0.3) is 0 Å². The average molecular weight is 401 g/mol. The van der Waals surface area contributed by atoms with Crippen molar-refractivity contribution in [2.45, 2.75) is 25.3 Å². The van der Waals surface area contributed by atoms with Crippen molar-refractivity contribution in [1.29, 1.82) is 5.41 Å². The Bertz CT molecular complexity index is 1000. The summed E-state index contributed by atoms with van der Waals surface area (Å²) in [6.07, 6.45) is 4.87. The lowest BCUT2D eigenvalue weighted by atomic mass is 9.88. The minimum atomic E-state index is 0.384. The van der Waals surface area contributed by atoms with Gasteiger partial charge in [-0.1, -0.05) is 54.6 Å². The van der Waals surface area contributed by atoms with Crippen molar-refractivity contribution < 1.29 is 9.47 Å². The Morgan fingerprint density at radius 3 is 2.67 bits per heavy atom. The van der Waals surface area contributed by atoms with Gasteiger partial charge in [0.15, 0.2) is 11.5 Å². The van der Waals surface area contributed by atoms with Crippen LogP contribution in [0.3, 0.4) is 0 Å². The second kappa shape index (κ2) is 9.59. The third-order valence-corrected chi connectivity index (χ3v) is 5.66. The van der Waals surface area contributed by atoms with Crippen LogP contribution in [0.25, 0.3) is 11.1 Å². The summed E-state index contributed by atoms with van der Waals surface area (Å²) in [4.78, 5) is 0. The summed E-state index contributed by atoms with van der Waals surface area (Å²) in [6.45, 7) is 1.29. The molecule has 3 aromatic carbocycles. The molecule has 4 rings (SSSR count). The standard InChI is InChI=1S/C26H28N2O2/c1-29-25-17-19(18-27)16-23(21-8-3-2-4-9-21)26(25)30-15-14-28-24-13-7-11-20-10-5-6-12-22(20)24/h2-6,8-10,12,16-18,24,27-28H,7,11,13-15H2,1H3. The molecular formula is C26H28N2O2. The van der Waals surface area contributed by atoms with Gasteiger partial charge in [-0.15, -0.1) is 0 Å². The SMILES string of the molecule is COc1cc(C=N)cc(-c2ccccc2)c1OCCNC1CCCc2ccccc21. The zero-order valence-electron chi connectivity index (χ0n) is 17.4. The first-order chi connectivity index (χ1) is 14.8. The summed E-state index contributed by atoms with van der Waals surface area (Å²) < 4.78 is 11.8. The number of rotatable bonds is 8. The van der Waals surface area contributed by atoms with Crippen molar-refractivity contribution in [2.24, 2.45) is 0 Å². The van der Waals surface area contributed by atoms with Crippen molar-refractivity contribution in [3.05, 3.63) is 83.4 Å². The van der Waals surface area contributed by atoms with E-state index in [1.807, 2.05) is 42.5 Å². The Morgan fingerprint density at radius 2 is 1.87 bits per heavy atom. The monoisotopic (exact) mass is 400 g/mol. The number of hydrogen-bond donors (Lipinski definition) is 2. The zero-order valence-corrected chi connectivity index (χ0v) is 17.4. The van der Waals surface area contributed by atoms with E-state index >= 15 is 0 Å². The molecule has 1 atom stereocenters. The molecule has 3 aromatic rings. The molecule has 0 bridgehead atoms. The van der Waals surface area contributed by atoms with Gasteiger partial charge in [0, 0.05) is 24.4 Å². The molecule has 0 aliphatic heterocycles. The summed E-state index contributed by atoms with van der Waals surface area (Å²) in [6, 6.07) is 23.0. The summed E-state index contributed by atoms with van der Waals surface area (Å²) in [5.41, 5.74) is 5.65. The molecule has 0 heterocycles. The molecule has 1 aliphatic rings. The highest BCUT2D eigenvalue weighted by Crippen LogP contribution is 2.39. The fourth-order valence-corrected chi connectivity index (χ4v) is 4.19. The van der Waals surface area contributed by atoms with Crippen molar-refractivity contribution in [3.63, 3.8) is 0 Å². The van der Waals surface area contributed by atoms with E-state index in [0.29, 0.717) is 18.4 Å². The van der Waals surface area contributed by atoms with Gasteiger partial charge < -0.3 is 20.2 Å². The Labute approximate surface area is 178 Å². The van der Waals surface area contributed by atoms with Gasteiger partial charge in [-0.05, 0) is 53.6 Å². The van der Waals surface area contributed by atoms with Gasteiger partial charge in [-0.2, -0.15) is 0 Å². The van der Waals surface area contributed by atoms with Crippen LogP contribution in [0.1, 0.15) is 35.6 Å². The number of ether oxygens (including phenoxy) is 2. The molecule has 0 amide bonds. The van der Waals surface area contributed by atoms with E-state index in [9.17, 15) is 0 Å².